The van der Waals surface area contributed by atoms with Crippen LogP contribution in [0, 0.1) is 6.92 Å². The minimum Gasteiger partial charge on any atom is -0.207 e. The van der Waals surface area contributed by atoms with E-state index in [1.807, 2.05) is 44.2 Å². The molecular weight excluding hydrogens is 270 g/mol. The maximum absolute atomic E-state index is 12.5. The maximum Gasteiger partial charge on any atom is 0.243 e. The second-order valence-electron chi connectivity index (χ2n) is 4.92. The predicted octanol–water partition coefficient (Wildman–Crippen LogP) is 3.38. The summed E-state index contributed by atoms with van der Waals surface area (Å²) in [5.41, 5.74) is 2.15. The Morgan fingerprint density at radius 2 is 1.50 bits per heavy atom. The minimum absolute atomic E-state index is 0.208. The first-order valence-electron chi connectivity index (χ1n) is 6.52. The van der Waals surface area contributed by atoms with Gasteiger partial charge in [0.1, 0.15) is 0 Å². The molecule has 1 unspecified atom stereocenters. The molecule has 0 aliphatic rings. The van der Waals surface area contributed by atoms with Crippen LogP contribution >= 0.6 is 0 Å². The molecule has 4 heteroatoms. The molecule has 0 aromatic heterocycles. The molecule has 0 aliphatic heterocycles. The van der Waals surface area contributed by atoms with Gasteiger partial charge >= 0.3 is 0 Å². The lowest BCUT2D eigenvalue weighted by Crippen LogP contribution is -2.29. The highest BCUT2D eigenvalue weighted by Crippen LogP contribution is 2.25. The Balaban J connectivity index is 2.31. The van der Waals surface area contributed by atoms with Crippen LogP contribution in [-0.2, 0) is 10.0 Å². The topological polar surface area (TPSA) is 37.4 Å². The molecule has 20 heavy (non-hydrogen) atoms. The van der Waals surface area contributed by atoms with Crippen LogP contribution in [0.2, 0.25) is 0 Å². The zero-order valence-electron chi connectivity index (χ0n) is 11.9. The van der Waals surface area contributed by atoms with E-state index < -0.39 is 10.0 Å². The highest BCUT2D eigenvalue weighted by molar-refractivity contribution is 7.89. The van der Waals surface area contributed by atoms with Crippen LogP contribution in [0.3, 0.4) is 0 Å². The first kappa shape index (κ1) is 14.8. The first-order chi connectivity index (χ1) is 9.43. The van der Waals surface area contributed by atoms with Crippen molar-refractivity contribution < 1.29 is 8.42 Å². The van der Waals surface area contributed by atoms with Crippen LogP contribution < -0.4 is 0 Å². The van der Waals surface area contributed by atoms with Gasteiger partial charge in [-0.3, -0.25) is 0 Å². The molecule has 0 amide bonds. The van der Waals surface area contributed by atoms with Crippen molar-refractivity contribution in [1.82, 2.24) is 4.31 Å². The lowest BCUT2D eigenvalue weighted by Gasteiger charge is -2.24. The SMILES string of the molecule is Cc1ccc(C(C)N(C)S(=O)(=O)c2ccccc2)cc1. The summed E-state index contributed by atoms with van der Waals surface area (Å²) in [6.07, 6.45) is 0. The van der Waals surface area contributed by atoms with E-state index in [0.29, 0.717) is 4.90 Å². The standard InChI is InChI=1S/C16H19NO2S/c1-13-9-11-15(12-10-13)14(2)17(3)20(18,19)16-7-5-4-6-8-16/h4-12,14H,1-3H3. The van der Waals surface area contributed by atoms with E-state index in [0.717, 1.165) is 11.1 Å². The van der Waals surface area contributed by atoms with Crippen molar-refractivity contribution in [3.05, 3.63) is 65.7 Å². The zero-order valence-corrected chi connectivity index (χ0v) is 12.8. The molecule has 2 rings (SSSR count). The highest BCUT2D eigenvalue weighted by Gasteiger charge is 2.25. The first-order valence-corrected chi connectivity index (χ1v) is 7.96. The molecule has 0 saturated heterocycles. The van der Waals surface area contributed by atoms with Crippen molar-refractivity contribution in [2.75, 3.05) is 7.05 Å². The Morgan fingerprint density at radius 3 is 2.05 bits per heavy atom. The number of benzene rings is 2. The van der Waals surface area contributed by atoms with E-state index in [-0.39, 0.29) is 6.04 Å². The number of hydrogen-bond acceptors (Lipinski definition) is 2. The summed E-state index contributed by atoms with van der Waals surface area (Å²) in [6.45, 7) is 3.91. The third-order valence-corrected chi connectivity index (χ3v) is 5.47. The zero-order chi connectivity index (χ0) is 14.8. The van der Waals surface area contributed by atoms with Gasteiger partial charge in [0.15, 0.2) is 0 Å². The van der Waals surface area contributed by atoms with E-state index in [9.17, 15) is 8.42 Å². The van der Waals surface area contributed by atoms with Gasteiger partial charge in [-0.05, 0) is 31.5 Å². The Hall–Kier alpha value is -1.65. The molecule has 2 aromatic carbocycles. The van der Waals surface area contributed by atoms with Crippen molar-refractivity contribution in [1.29, 1.82) is 0 Å². The predicted molar refractivity (Wildman–Crippen MR) is 81.0 cm³/mol. The van der Waals surface area contributed by atoms with Gasteiger partial charge in [-0.25, -0.2) is 8.42 Å². The lowest BCUT2D eigenvalue weighted by molar-refractivity contribution is 0.398. The molecule has 0 saturated carbocycles. The van der Waals surface area contributed by atoms with Gasteiger partial charge in [-0.2, -0.15) is 4.31 Å². The van der Waals surface area contributed by atoms with Crippen molar-refractivity contribution in [2.24, 2.45) is 0 Å². The summed E-state index contributed by atoms with van der Waals surface area (Å²) >= 11 is 0. The maximum atomic E-state index is 12.5. The van der Waals surface area contributed by atoms with Crippen LogP contribution in [0.25, 0.3) is 0 Å². The number of hydrogen-bond donors (Lipinski definition) is 0. The summed E-state index contributed by atoms with van der Waals surface area (Å²) in [6, 6.07) is 16.2. The van der Waals surface area contributed by atoms with Crippen molar-refractivity contribution in [3.63, 3.8) is 0 Å². The third-order valence-electron chi connectivity index (χ3n) is 3.53. The number of sulfonamides is 1. The van der Waals surface area contributed by atoms with Crippen molar-refractivity contribution in [3.8, 4) is 0 Å². The fourth-order valence-corrected chi connectivity index (χ4v) is 3.39. The van der Waals surface area contributed by atoms with Gasteiger partial charge in [-0.1, -0.05) is 48.0 Å². The summed E-state index contributed by atoms with van der Waals surface area (Å²) in [7, 11) is -1.85. The molecular formula is C16H19NO2S. The van der Waals surface area contributed by atoms with Gasteiger partial charge in [0.05, 0.1) is 4.90 Å². The van der Waals surface area contributed by atoms with E-state index >= 15 is 0 Å². The van der Waals surface area contributed by atoms with Gasteiger partial charge in [-0.15, -0.1) is 0 Å². The van der Waals surface area contributed by atoms with Gasteiger partial charge in [0.25, 0.3) is 0 Å². The largest absolute Gasteiger partial charge is 0.243 e. The smallest absolute Gasteiger partial charge is 0.207 e. The van der Waals surface area contributed by atoms with Crippen LogP contribution in [-0.4, -0.2) is 19.8 Å². The average Bonchev–Trinajstić information content (AvgIpc) is 2.47. The quantitative estimate of drug-likeness (QED) is 0.865. The molecule has 1 atom stereocenters. The van der Waals surface area contributed by atoms with E-state index in [4.69, 9.17) is 0 Å². The Labute approximate surface area is 120 Å². The molecule has 0 heterocycles. The lowest BCUT2D eigenvalue weighted by atomic mass is 10.1. The normalized spacial score (nSPS) is 13.4. The molecule has 0 spiro atoms. The van der Waals surface area contributed by atoms with Crippen molar-refractivity contribution in [2.45, 2.75) is 24.8 Å². The van der Waals surface area contributed by atoms with Gasteiger partial charge in [0.2, 0.25) is 10.0 Å². The van der Waals surface area contributed by atoms with Crippen molar-refractivity contribution >= 4 is 10.0 Å². The Bertz CT molecular complexity index is 663. The molecule has 0 radical (unpaired) electrons. The van der Waals surface area contributed by atoms with E-state index in [1.54, 1.807) is 31.3 Å². The van der Waals surface area contributed by atoms with Gasteiger partial charge in [0, 0.05) is 13.1 Å². The Kier molecular flexibility index (Phi) is 4.26. The molecule has 106 valence electrons. The second kappa shape index (κ2) is 5.77. The molecule has 0 bridgehead atoms. The molecule has 3 nitrogen and oxygen atoms in total. The Morgan fingerprint density at radius 1 is 0.950 bits per heavy atom. The van der Waals surface area contributed by atoms with E-state index in [2.05, 4.69) is 0 Å². The molecule has 0 fully saturated rings. The fourth-order valence-electron chi connectivity index (χ4n) is 2.02. The molecule has 2 aromatic rings. The monoisotopic (exact) mass is 289 g/mol. The second-order valence-corrected chi connectivity index (χ2v) is 6.92. The minimum atomic E-state index is -3.46. The molecule has 0 aliphatic carbocycles. The van der Waals surface area contributed by atoms with Gasteiger partial charge < -0.3 is 0 Å². The third kappa shape index (κ3) is 2.92. The van der Waals surface area contributed by atoms with Crippen LogP contribution in [0.4, 0.5) is 0 Å². The number of nitrogens with zero attached hydrogens (tertiary/aromatic N) is 1. The summed E-state index contributed by atoms with van der Waals surface area (Å²) in [5.74, 6) is 0. The number of rotatable bonds is 4. The number of aryl methyl sites for hydroxylation is 1. The highest BCUT2D eigenvalue weighted by atomic mass is 32.2. The van der Waals surface area contributed by atoms with E-state index in [1.165, 1.54) is 4.31 Å². The van der Waals surface area contributed by atoms with Crippen LogP contribution in [0.1, 0.15) is 24.1 Å². The molecule has 0 N–H and O–H groups in total. The average molecular weight is 289 g/mol. The fraction of sp³-hybridized carbons (Fsp3) is 0.250. The van der Waals surface area contributed by atoms with Crippen LogP contribution in [0.5, 0.6) is 0 Å². The summed E-state index contributed by atoms with van der Waals surface area (Å²) in [4.78, 5) is 0.321. The summed E-state index contributed by atoms with van der Waals surface area (Å²) < 4.78 is 26.5. The van der Waals surface area contributed by atoms with Crippen LogP contribution in [0.15, 0.2) is 59.5 Å². The summed E-state index contributed by atoms with van der Waals surface area (Å²) in [5, 5.41) is 0.